The summed E-state index contributed by atoms with van der Waals surface area (Å²) in [6.07, 6.45) is 1.92. The van der Waals surface area contributed by atoms with Crippen molar-refractivity contribution >= 4 is 5.91 Å². The second-order valence-electron chi connectivity index (χ2n) is 8.49. The van der Waals surface area contributed by atoms with Gasteiger partial charge in [-0.3, -0.25) is 9.69 Å². The van der Waals surface area contributed by atoms with Gasteiger partial charge in [0.1, 0.15) is 0 Å². The van der Waals surface area contributed by atoms with Crippen molar-refractivity contribution in [3.63, 3.8) is 0 Å². The lowest BCUT2D eigenvalue weighted by molar-refractivity contribution is -0.128. The molecule has 0 spiro atoms. The summed E-state index contributed by atoms with van der Waals surface area (Å²) in [6, 6.07) is 10.8. The summed E-state index contributed by atoms with van der Waals surface area (Å²) < 4.78 is 0. The maximum absolute atomic E-state index is 12.7. The van der Waals surface area contributed by atoms with E-state index in [2.05, 4.69) is 80.3 Å². The lowest BCUT2D eigenvalue weighted by Gasteiger charge is -2.37. The van der Waals surface area contributed by atoms with Gasteiger partial charge in [0.25, 0.3) is 0 Å². The quantitative estimate of drug-likeness (QED) is 0.825. The van der Waals surface area contributed by atoms with E-state index in [0.717, 1.165) is 39.0 Å². The molecule has 4 heteroatoms. The minimum atomic E-state index is 0.0627. The third kappa shape index (κ3) is 6.12. The molecule has 0 saturated carbocycles. The van der Waals surface area contributed by atoms with Crippen LogP contribution in [0.5, 0.6) is 0 Å². The Morgan fingerprint density at radius 2 is 1.84 bits per heavy atom. The second-order valence-corrected chi connectivity index (χ2v) is 8.49. The zero-order valence-corrected chi connectivity index (χ0v) is 16.6. The van der Waals surface area contributed by atoms with E-state index in [4.69, 9.17) is 0 Å². The van der Waals surface area contributed by atoms with Gasteiger partial charge in [-0.15, -0.1) is 0 Å². The lowest BCUT2D eigenvalue weighted by atomic mass is 9.84. The average molecular weight is 346 g/mol. The molecule has 1 atom stereocenters. The maximum atomic E-state index is 12.7. The Balaban J connectivity index is 1.79. The summed E-state index contributed by atoms with van der Waals surface area (Å²) in [4.78, 5) is 17.3. The Morgan fingerprint density at radius 3 is 2.40 bits per heavy atom. The highest BCUT2D eigenvalue weighted by Crippen LogP contribution is 2.24. The van der Waals surface area contributed by atoms with Crippen LogP contribution >= 0.6 is 0 Å². The summed E-state index contributed by atoms with van der Waals surface area (Å²) in [5.41, 5.74) is 1.41. The van der Waals surface area contributed by atoms with Crippen molar-refractivity contribution in [2.75, 3.05) is 33.7 Å². The van der Waals surface area contributed by atoms with Gasteiger partial charge < -0.3 is 10.2 Å². The van der Waals surface area contributed by atoms with Gasteiger partial charge in [0.05, 0.1) is 0 Å². The van der Waals surface area contributed by atoms with Crippen LogP contribution in [0.1, 0.15) is 39.2 Å². The van der Waals surface area contributed by atoms with Crippen LogP contribution in [0.2, 0.25) is 0 Å². The summed E-state index contributed by atoms with van der Waals surface area (Å²) in [7, 11) is 4.16. The SMILES string of the molecule is C[C@@H](NC(=O)C1CCN(Cc2ccccc2)CC1)C(C)(C)CN(C)C. The van der Waals surface area contributed by atoms with Gasteiger partial charge in [-0.1, -0.05) is 44.2 Å². The highest BCUT2D eigenvalue weighted by molar-refractivity contribution is 5.79. The molecule has 0 unspecified atom stereocenters. The highest BCUT2D eigenvalue weighted by atomic mass is 16.2. The van der Waals surface area contributed by atoms with Gasteiger partial charge in [-0.2, -0.15) is 0 Å². The first-order valence-electron chi connectivity index (χ1n) is 9.49. The molecule has 0 aromatic heterocycles. The van der Waals surface area contributed by atoms with Gasteiger partial charge in [0.15, 0.2) is 0 Å². The van der Waals surface area contributed by atoms with Crippen molar-refractivity contribution in [1.29, 1.82) is 0 Å². The Kier molecular flexibility index (Phi) is 7.03. The number of likely N-dealkylation sites (tertiary alicyclic amines) is 1. The van der Waals surface area contributed by atoms with Crippen LogP contribution in [-0.2, 0) is 11.3 Å². The number of piperidine rings is 1. The molecule has 1 aromatic carbocycles. The summed E-state index contributed by atoms with van der Waals surface area (Å²) in [6.45, 7) is 10.5. The van der Waals surface area contributed by atoms with Gasteiger partial charge in [-0.05, 0) is 57.9 Å². The zero-order valence-electron chi connectivity index (χ0n) is 16.6. The third-order valence-corrected chi connectivity index (χ3v) is 5.46. The Bertz CT molecular complexity index is 533. The molecule has 1 N–H and O–H groups in total. The number of carbonyl (C=O) groups is 1. The largest absolute Gasteiger partial charge is 0.353 e. The fraction of sp³-hybridized carbons (Fsp3) is 0.667. The number of hydrogen-bond acceptors (Lipinski definition) is 3. The van der Waals surface area contributed by atoms with Crippen LogP contribution in [0, 0.1) is 11.3 Å². The number of nitrogens with one attached hydrogen (secondary N) is 1. The predicted octanol–water partition coefficient (Wildman–Crippen LogP) is 2.99. The molecular weight excluding hydrogens is 310 g/mol. The molecule has 140 valence electrons. The molecule has 1 aliphatic heterocycles. The van der Waals surface area contributed by atoms with E-state index < -0.39 is 0 Å². The molecule has 1 fully saturated rings. The van der Waals surface area contributed by atoms with E-state index in [9.17, 15) is 4.79 Å². The first-order chi connectivity index (χ1) is 11.8. The first kappa shape index (κ1) is 19.9. The number of amides is 1. The highest BCUT2D eigenvalue weighted by Gasteiger charge is 2.31. The molecule has 25 heavy (non-hydrogen) atoms. The van der Waals surface area contributed by atoms with E-state index in [1.807, 2.05) is 0 Å². The molecule has 2 rings (SSSR count). The van der Waals surface area contributed by atoms with Crippen molar-refractivity contribution in [2.45, 2.75) is 46.2 Å². The molecule has 1 aliphatic rings. The van der Waals surface area contributed by atoms with E-state index >= 15 is 0 Å². The maximum Gasteiger partial charge on any atom is 0.223 e. The molecule has 1 heterocycles. The van der Waals surface area contributed by atoms with Crippen molar-refractivity contribution in [3.05, 3.63) is 35.9 Å². The van der Waals surface area contributed by atoms with Crippen LogP contribution in [0.4, 0.5) is 0 Å². The number of carbonyl (C=O) groups excluding carboxylic acids is 1. The van der Waals surface area contributed by atoms with Crippen LogP contribution in [0.15, 0.2) is 30.3 Å². The normalized spacial score (nSPS) is 18.3. The fourth-order valence-corrected chi connectivity index (χ4v) is 3.67. The minimum Gasteiger partial charge on any atom is -0.353 e. The van der Waals surface area contributed by atoms with Crippen molar-refractivity contribution in [3.8, 4) is 0 Å². The summed E-state index contributed by atoms with van der Waals surface area (Å²) in [5, 5.41) is 3.28. The summed E-state index contributed by atoms with van der Waals surface area (Å²) >= 11 is 0. The zero-order chi connectivity index (χ0) is 18.4. The topological polar surface area (TPSA) is 35.6 Å². The monoisotopic (exact) mass is 345 g/mol. The van der Waals surface area contributed by atoms with Gasteiger partial charge >= 0.3 is 0 Å². The molecule has 4 nitrogen and oxygen atoms in total. The molecule has 0 bridgehead atoms. The Labute approximate surface area is 153 Å². The third-order valence-electron chi connectivity index (χ3n) is 5.46. The van der Waals surface area contributed by atoms with Crippen molar-refractivity contribution < 1.29 is 4.79 Å². The van der Waals surface area contributed by atoms with Crippen LogP contribution < -0.4 is 5.32 Å². The Hall–Kier alpha value is -1.39. The summed E-state index contributed by atoms with van der Waals surface area (Å²) in [5.74, 6) is 0.392. The van der Waals surface area contributed by atoms with E-state index in [1.54, 1.807) is 0 Å². The lowest BCUT2D eigenvalue weighted by Crippen LogP contribution is -2.50. The predicted molar refractivity (Wildman–Crippen MR) is 104 cm³/mol. The number of rotatable bonds is 7. The number of nitrogens with zero attached hydrogens (tertiary/aromatic N) is 2. The van der Waals surface area contributed by atoms with Gasteiger partial charge in [-0.25, -0.2) is 0 Å². The smallest absolute Gasteiger partial charge is 0.223 e. The number of benzene rings is 1. The molecule has 0 radical (unpaired) electrons. The van der Waals surface area contributed by atoms with Crippen molar-refractivity contribution in [2.24, 2.45) is 11.3 Å². The standard InChI is InChI=1S/C21H35N3O/c1-17(21(2,3)16-23(4)5)22-20(25)19-11-13-24(14-12-19)15-18-9-7-6-8-10-18/h6-10,17,19H,11-16H2,1-5H3,(H,22,25)/t17-/m1/s1. The van der Waals surface area contributed by atoms with E-state index in [1.165, 1.54) is 5.56 Å². The van der Waals surface area contributed by atoms with E-state index in [0.29, 0.717) is 0 Å². The van der Waals surface area contributed by atoms with Crippen molar-refractivity contribution in [1.82, 2.24) is 15.1 Å². The molecule has 1 amide bonds. The van der Waals surface area contributed by atoms with Gasteiger partial charge in [0.2, 0.25) is 5.91 Å². The van der Waals surface area contributed by atoms with Gasteiger partial charge in [0, 0.05) is 25.0 Å². The van der Waals surface area contributed by atoms with E-state index in [-0.39, 0.29) is 23.3 Å². The van der Waals surface area contributed by atoms with Crippen LogP contribution in [0.3, 0.4) is 0 Å². The average Bonchev–Trinajstić information content (AvgIpc) is 2.55. The molecule has 0 aliphatic carbocycles. The molecular formula is C21H35N3O. The van der Waals surface area contributed by atoms with Crippen LogP contribution in [-0.4, -0.2) is 55.5 Å². The number of hydrogen-bond donors (Lipinski definition) is 1. The fourth-order valence-electron chi connectivity index (χ4n) is 3.67. The minimum absolute atomic E-state index is 0.0627. The Morgan fingerprint density at radius 1 is 1.24 bits per heavy atom. The first-order valence-corrected chi connectivity index (χ1v) is 9.49. The second kappa shape index (κ2) is 8.81. The molecule has 1 saturated heterocycles. The molecule has 1 aromatic rings. The van der Waals surface area contributed by atoms with Crippen LogP contribution in [0.25, 0.3) is 0 Å².